The van der Waals surface area contributed by atoms with Crippen LogP contribution in [0.1, 0.15) is 0 Å². The third kappa shape index (κ3) is 8.06. The number of anilines is 1. The van der Waals surface area contributed by atoms with Crippen molar-refractivity contribution in [1.82, 2.24) is 15.1 Å². The molecule has 0 spiro atoms. The molecule has 3 N–H and O–H groups in total. The van der Waals surface area contributed by atoms with Crippen molar-refractivity contribution < 1.29 is 0 Å². The number of nitrogens with one attached hydrogen (secondary N) is 1. The van der Waals surface area contributed by atoms with Gasteiger partial charge < -0.3 is 16.0 Å². The minimum atomic E-state index is 0.685. The molecule has 0 aromatic heterocycles. The molecule has 1 aromatic rings. The Balaban J connectivity index is 0.000000200. The van der Waals surface area contributed by atoms with Crippen molar-refractivity contribution in [3.8, 4) is 0 Å². The Morgan fingerprint density at radius 1 is 1.32 bits per heavy atom. The zero-order valence-electron chi connectivity index (χ0n) is 11.9. The second kappa shape index (κ2) is 9.15. The van der Waals surface area contributed by atoms with E-state index in [4.69, 9.17) is 17.3 Å². The maximum Gasteiger partial charge on any atom is 0.0426 e. The molecule has 108 valence electrons. The lowest BCUT2D eigenvalue weighted by Crippen LogP contribution is -2.45. The first kappa shape index (κ1) is 16.2. The Hall–Kier alpha value is -0.810. The Morgan fingerprint density at radius 2 is 2.00 bits per heavy atom. The summed E-state index contributed by atoms with van der Waals surface area (Å²) >= 11 is 5.56. The summed E-state index contributed by atoms with van der Waals surface area (Å²) in [5, 5.41) is 4.03. The third-order valence-electron chi connectivity index (χ3n) is 2.92. The molecule has 1 aromatic carbocycles. The van der Waals surface area contributed by atoms with Gasteiger partial charge in [-0.15, -0.1) is 0 Å². The first-order valence-corrected chi connectivity index (χ1v) is 7.04. The number of rotatable bonds is 3. The predicted octanol–water partition coefficient (Wildman–Crippen LogP) is 1.38. The predicted molar refractivity (Wildman–Crippen MR) is 83.7 cm³/mol. The van der Waals surface area contributed by atoms with Crippen molar-refractivity contribution >= 4 is 17.3 Å². The van der Waals surface area contributed by atoms with Crippen molar-refractivity contribution in [2.24, 2.45) is 0 Å². The second-order valence-corrected chi connectivity index (χ2v) is 5.39. The molecule has 0 atom stereocenters. The number of nitrogen functional groups attached to an aromatic ring is 1. The van der Waals surface area contributed by atoms with Gasteiger partial charge in [0.1, 0.15) is 0 Å². The van der Waals surface area contributed by atoms with Crippen LogP contribution in [0.2, 0.25) is 5.02 Å². The summed E-state index contributed by atoms with van der Waals surface area (Å²) in [5.74, 6) is 0. The molecule has 4 nitrogen and oxygen atoms in total. The minimum Gasteiger partial charge on any atom is -0.399 e. The van der Waals surface area contributed by atoms with Crippen molar-refractivity contribution in [2.45, 2.75) is 0 Å². The Morgan fingerprint density at radius 3 is 2.47 bits per heavy atom. The van der Waals surface area contributed by atoms with Gasteiger partial charge >= 0.3 is 0 Å². The Labute approximate surface area is 121 Å². The van der Waals surface area contributed by atoms with E-state index in [1.54, 1.807) is 18.2 Å². The number of likely N-dealkylation sites (N-methyl/N-ethyl adjacent to an activating group) is 1. The van der Waals surface area contributed by atoms with E-state index in [0.717, 1.165) is 13.1 Å². The summed E-state index contributed by atoms with van der Waals surface area (Å²) in [7, 11) is 4.25. The van der Waals surface area contributed by atoms with Crippen LogP contribution in [0.5, 0.6) is 0 Å². The highest BCUT2D eigenvalue weighted by molar-refractivity contribution is 6.30. The van der Waals surface area contributed by atoms with E-state index in [9.17, 15) is 0 Å². The van der Waals surface area contributed by atoms with Crippen molar-refractivity contribution in [3.05, 3.63) is 29.3 Å². The van der Waals surface area contributed by atoms with Crippen LogP contribution in [0, 0.1) is 0 Å². The quantitative estimate of drug-likeness (QED) is 0.823. The number of hydrogen-bond acceptors (Lipinski definition) is 4. The largest absolute Gasteiger partial charge is 0.399 e. The van der Waals surface area contributed by atoms with E-state index in [1.165, 1.54) is 26.2 Å². The fourth-order valence-corrected chi connectivity index (χ4v) is 1.98. The summed E-state index contributed by atoms with van der Waals surface area (Å²) < 4.78 is 0. The first-order valence-electron chi connectivity index (χ1n) is 6.67. The van der Waals surface area contributed by atoms with Gasteiger partial charge in [0.25, 0.3) is 0 Å². The molecule has 19 heavy (non-hydrogen) atoms. The molecule has 1 aliphatic rings. The minimum absolute atomic E-state index is 0.685. The lowest BCUT2D eigenvalue weighted by molar-refractivity contribution is 0.217. The molecule has 0 radical (unpaired) electrons. The lowest BCUT2D eigenvalue weighted by Gasteiger charge is -2.28. The smallest absolute Gasteiger partial charge is 0.0426 e. The molecule has 0 bridgehead atoms. The van der Waals surface area contributed by atoms with Gasteiger partial charge in [-0.3, -0.25) is 4.90 Å². The molecule has 2 rings (SSSR count). The molecule has 1 heterocycles. The molecular weight excluding hydrogens is 260 g/mol. The van der Waals surface area contributed by atoms with Gasteiger partial charge in [0.2, 0.25) is 0 Å². The summed E-state index contributed by atoms with van der Waals surface area (Å²) in [6, 6.07) is 7.11. The van der Waals surface area contributed by atoms with Gasteiger partial charge in [-0.1, -0.05) is 17.7 Å². The van der Waals surface area contributed by atoms with Crippen LogP contribution in [-0.4, -0.2) is 63.2 Å². The van der Waals surface area contributed by atoms with Crippen LogP contribution in [0.15, 0.2) is 24.3 Å². The van der Waals surface area contributed by atoms with E-state index in [2.05, 4.69) is 29.2 Å². The normalized spacial score (nSPS) is 16.0. The van der Waals surface area contributed by atoms with E-state index in [1.807, 2.05) is 6.07 Å². The highest BCUT2D eigenvalue weighted by Gasteiger charge is 2.08. The maximum atomic E-state index is 5.56. The van der Waals surface area contributed by atoms with Crippen molar-refractivity contribution in [1.29, 1.82) is 0 Å². The first-order chi connectivity index (χ1) is 9.08. The van der Waals surface area contributed by atoms with Crippen molar-refractivity contribution in [2.75, 3.05) is 59.1 Å². The molecule has 1 fully saturated rings. The Bertz CT molecular complexity index is 334. The fourth-order valence-electron chi connectivity index (χ4n) is 1.78. The SMILES string of the molecule is CN(C)CCN1CCNCC1.Nc1cccc(Cl)c1. The number of nitrogens with zero attached hydrogens (tertiary/aromatic N) is 2. The van der Waals surface area contributed by atoms with Crippen molar-refractivity contribution in [3.63, 3.8) is 0 Å². The van der Waals surface area contributed by atoms with Crippen LogP contribution in [0.3, 0.4) is 0 Å². The van der Waals surface area contributed by atoms with Gasteiger partial charge in [0, 0.05) is 50.0 Å². The molecule has 0 unspecified atom stereocenters. The van der Waals surface area contributed by atoms with Crippen LogP contribution in [0.25, 0.3) is 0 Å². The summed E-state index contributed by atoms with van der Waals surface area (Å²) in [6.45, 7) is 7.15. The van der Waals surface area contributed by atoms with E-state index in [0.29, 0.717) is 10.7 Å². The number of halogens is 1. The average molecular weight is 285 g/mol. The van der Waals surface area contributed by atoms with Crippen LogP contribution in [0.4, 0.5) is 5.69 Å². The molecule has 1 aliphatic heterocycles. The Kier molecular flexibility index (Phi) is 7.82. The van der Waals surface area contributed by atoms with Gasteiger partial charge in [0.15, 0.2) is 0 Å². The number of nitrogens with two attached hydrogens (primary N) is 1. The summed E-state index contributed by atoms with van der Waals surface area (Å²) in [4.78, 5) is 4.75. The highest BCUT2D eigenvalue weighted by atomic mass is 35.5. The zero-order chi connectivity index (χ0) is 14.1. The molecule has 0 amide bonds. The number of benzene rings is 1. The monoisotopic (exact) mass is 284 g/mol. The van der Waals surface area contributed by atoms with E-state index in [-0.39, 0.29) is 0 Å². The van der Waals surface area contributed by atoms with Crippen LogP contribution in [-0.2, 0) is 0 Å². The van der Waals surface area contributed by atoms with Gasteiger partial charge in [-0.05, 0) is 32.3 Å². The van der Waals surface area contributed by atoms with Crippen LogP contribution < -0.4 is 11.1 Å². The summed E-state index contributed by atoms with van der Waals surface area (Å²) in [6.07, 6.45) is 0. The number of hydrogen-bond donors (Lipinski definition) is 2. The lowest BCUT2D eigenvalue weighted by atomic mass is 10.3. The molecule has 0 saturated carbocycles. The van der Waals surface area contributed by atoms with Gasteiger partial charge in [-0.2, -0.15) is 0 Å². The molecule has 1 saturated heterocycles. The topological polar surface area (TPSA) is 44.5 Å². The van der Waals surface area contributed by atoms with Crippen LogP contribution >= 0.6 is 11.6 Å². The standard InChI is InChI=1S/C8H19N3.C6H6ClN/c1-10(2)7-8-11-5-3-9-4-6-11;7-5-2-1-3-6(8)4-5/h9H,3-8H2,1-2H3;1-4H,8H2. The second-order valence-electron chi connectivity index (χ2n) is 4.95. The number of piperazine rings is 1. The summed E-state index contributed by atoms with van der Waals surface area (Å²) in [5.41, 5.74) is 6.08. The highest BCUT2D eigenvalue weighted by Crippen LogP contribution is 2.10. The molecule has 5 heteroatoms. The fraction of sp³-hybridized carbons (Fsp3) is 0.571. The molecule has 0 aliphatic carbocycles. The van der Waals surface area contributed by atoms with Gasteiger partial charge in [0.05, 0.1) is 0 Å². The average Bonchev–Trinajstić information content (AvgIpc) is 2.38. The maximum absolute atomic E-state index is 5.56. The molecular formula is C14H25ClN4. The van der Waals surface area contributed by atoms with E-state index < -0.39 is 0 Å². The zero-order valence-corrected chi connectivity index (χ0v) is 12.7. The third-order valence-corrected chi connectivity index (χ3v) is 3.16. The van der Waals surface area contributed by atoms with E-state index >= 15 is 0 Å². The van der Waals surface area contributed by atoms with Gasteiger partial charge in [-0.25, -0.2) is 0 Å².